The topological polar surface area (TPSA) is 29.1 Å². The lowest BCUT2D eigenvalue weighted by atomic mass is 9.90. The van der Waals surface area contributed by atoms with Crippen LogP contribution < -0.4 is 5.32 Å². The molecule has 2 aromatic rings. The number of anilines is 1. The Balaban J connectivity index is 1.86. The maximum Gasteiger partial charge on any atom is 0.255 e. The smallest absolute Gasteiger partial charge is 0.255 e. The van der Waals surface area contributed by atoms with E-state index < -0.39 is 0 Å². The van der Waals surface area contributed by atoms with Gasteiger partial charge in [-0.05, 0) is 73.9 Å². The van der Waals surface area contributed by atoms with Crippen molar-refractivity contribution in [3.05, 3.63) is 64.2 Å². The highest BCUT2D eigenvalue weighted by atomic mass is 16.1. The minimum atomic E-state index is -0.0132. The summed E-state index contributed by atoms with van der Waals surface area (Å²) in [7, 11) is 0. The molecule has 0 unspecified atom stereocenters. The third-order valence-corrected chi connectivity index (χ3v) is 4.33. The molecule has 1 N–H and O–H groups in total. The van der Waals surface area contributed by atoms with E-state index in [0.29, 0.717) is 0 Å². The Labute approximate surface area is 126 Å². The summed E-state index contributed by atoms with van der Waals surface area (Å²) in [4.78, 5) is 12.5. The predicted octanol–water partition coefficient (Wildman–Crippen LogP) is 4.43. The van der Waals surface area contributed by atoms with Crippen LogP contribution in [-0.4, -0.2) is 5.91 Å². The first-order valence-corrected chi connectivity index (χ1v) is 7.64. The number of hydrogen-bond acceptors (Lipinski definition) is 1. The maximum atomic E-state index is 12.5. The predicted molar refractivity (Wildman–Crippen MR) is 87.0 cm³/mol. The van der Waals surface area contributed by atoms with E-state index in [-0.39, 0.29) is 5.91 Å². The number of carbonyl (C=O) groups excluding carboxylic acids is 1. The zero-order valence-corrected chi connectivity index (χ0v) is 12.7. The fourth-order valence-corrected chi connectivity index (χ4v) is 3.07. The van der Waals surface area contributed by atoms with E-state index in [0.717, 1.165) is 35.2 Å². The van der Waals surface area contributed by atoms with Gasteiger partial charge in [-0.1, -0.05) is 24.3 Å². The number of rotatable bonds is 2. The van der Waals surface area contributed by atoms with Gasteiger partial charge in [-0.3, -0.25) is 4.79 Å². The molecule has 1 aliphatic rings. The van der Waals surface area contributed by atoms with Gasteiger partial charge in [0.1, 0.15) is 0 Å². The number of hydrogen-bond donors (Lipinski definition) is 1. The zero-order valence-electron chi connectivity index (χ0n) is 12.7. The highest BCUT2D eigenvalue weighted by Crippen LogP contribution is 2.24. The molecular formula is C19H21NO. The first kappa shape index (κ1) is 13.9. The third-order valence-electron chi connectivity index (χ3n) is 4.33. The molecular weight excluding hydrogens is 258 g/mol. The van der Waals surface area contributed by atoms with Crippen LogP contribution in [0.2, 0.25) is 0 Å². The van der Waals surface area contributed by atoms with Crippen molar-refractivity contribution >= 4 is 11.6 Å². The van der Waals surface area contributed by atoms with E-state index in [1.807, 2.05) is 38.1 Å². The van der Waals surface area contributed by atoms with E-state index in [1.165, 1.54) is 24.0 Å². The second-order valence-corrected chi connectivity index (χ2v) is 5.91. The molecule has 2 aromatic carbocycles. The largest absolute Gasteiger partial charge is 0.322 e. The van der Waals surface area contributed by atoms with Crippen LogP contribution in [0.15, 0.2) is 36.4 Å². The van der Waals surface area contributed by atoms with Crippen LogP contribution in [0.5, 0.6) is 0 Å². The van der Waals surface area contributed by atoms with E-state index in [1.54, 1.807) is 0 Å². The second-order valence-electron chi connectivity index (χ2n) is 5.91. The molecule has 0 radical (unpaired) electrons. The molecule has 0 fully saturated rings. The molecule has 3 rings (SSSR count). The average molecular weight is 279 g/mol. The van der Waals surface area contributed by atoms with Crippen LogP contribution in [0.4, 0.5) is 5.69 Å². The van der Waals surface area contributed by atoms with Crippen LogP contribution in [0.3, 0.4) is 0 Å². The lowest BCUT2D eigenvalue weighted by Crippen LogP contribution is -2.15. The highest BCUT2D eigenvalue weighted by molar-refractivity contribution is 6.05. The molecule has 1 amide bonds. The highest BCUT2D eigenvalue weighted by Gasteiger charge is 2.14. The Hall–Kier alpha value is -2.09. The molecule has 0 aliphatic heterocycles. The van der Waals surface area contributed by atoms with Crippen molar-refractivity contribution in [2.45, 2.75) is 39.5 Å². The fourth-order valence-electron chi connectivity index (χ4n) is 3.07. The van der Waals surface area contributed by atoms with Gasteiger partial charge < -0.3 is 5.32 Å². The average Bonchev–Trinajstić information content (AvgIpc) is 2.50. The summed E-state index contributed by atoms with van der Waals surface area (Å²) >= 11 is 0. The number of benzene rings is 2. The molecule has 0 atom stereocenters. The van der Waals surface area contributed by atoms with Crippen molar-refractivity contribution in [2.75, 3.05) is 5.32 Å². The van der Waals surface area contributed by atoms with Crippen molar-refractivity contribution in [1.82, 2.24) is 0 Å². The molecule has 0 saturated heterocycles. The summed E-state index contributed by atoms with van der Waals surface area (Å²) < 4.78 is 0. The maximum absolute atomic E-state index is 12.5. The normalized spacial score (nSPS) is 13.6. The molecule has 0 heterocycles. The SMILES string of the molecule is Cc1cccc(C)c1NC(=O)c1ccc2c(c1)CCCC2. The molecule has 0 spiro atoms. The standard InChI is InChI=1S/C19H21NO/c1-13-6-5-7-14(2)18(13)20-19(21)17-11-10-15-8-3-4-9-16(15)12-17/h5-7,10-12H,3-4,8-9H2,1-2H3,(H,20,21). The van der Waals surface area contributed by atoms with Gasteiger partial charge in [0.25, 0.3) is 5.91 Å². The molecule has 108 valence electrons. The van der Waals surface area contributed by atoms with Crippen LogP contribution in [0.1, 0.15) is 45.5 Å². The summed E-state index contributed by atoms with van der Waals surface area (Å²) in [6.45, 7) is 4.05. The molecule has 2 heteroatoms. The molecule has 0 aromatic heterocycles. The van der Waals surface area contributed by atoms with Gasteiger partial charge >= 0.3 is 0 Å². The molecule has 0 bridgehead atoms. The lowest BCUT2D eigenvalue weighted by molar-refractivity contribution is 0.102. The van der Waals surface area contributed by atoms with Crippen LogP contribution >= 0.6 is 0 Å². The van der Waals surface area contributed by atoms with E-state index in [4.69, 9.17) is 0 Å². The Morgan fingerprint density at radius 3 is 2.33 bits per heavy atom. The van der Waals surface area contributed by atoms with Gasteiger partial charge in [0, 0.05) is 11.3 Å². The van der Waals surface area contributed by atoms with E-state index in [2.05, 4.69) is 17.4 Å². The van der Waals surface area contributed by atoms with E-state index >= 15 is 0 Å². The third kappa shape index (κ3) is 2.85. The number of para-hydroxylation sites is 1. The summed E-state index contributed by atoms with van der Waals surface area (Å²) in [5.41, 5.74) is 6.64. The quantitative estimate of drug-likeness (QED) is 0.865. The molecule has 2 nitrogen and oxygen atoms in total. The molecule has 21 heavy (non-hydrogen) atoms. The van der Waals surface area contributed by atoms with Gasteiger partial charge in [0.05, 0.1) is 0 Å². The Morgan fingerprint density at radius 1 is 0.952 bits per heavy atom. The zero-order chi connectivity index (χ0) is 14.8. The first-order valence-electron chi connectivity index (χ1n) is 7.64. The Kier molecular flexibility index (Phi) is 3.78. The summed E-state index contributed by atoms with van der Waals surface area (Å²) in [5.74, 6) is -0.0132. The van der Waals surface area contributed by atoms with Crippen LogP contribution in [0, 0.1) is 13.8 Å². The fraction of sp³-hybridized carbons (Fsp3) is 0.316. The number of aryl methyl sites for hydroxylation is 4. The summed E-state index contributed by atoms with van der Waals surface area (Å²) in [6, 6.07) is 12.2. The summed E-state index contributed by atoms with van der Waals surface area (Å²) in [6.07, 6.45) is 4.74. The van der Waals surface area contributed by atoms with Gasteiger partial charge in [0.15, 0.2) is 0 Å². The van der Waals surface area contributed by atoms with Crippen LogP contribution in [0.25, 0.3) is 0 Å². The number of fused-ring (bicyclic) bond motifs is 1. The van der Waals surface area contributed by atoms with E-state index in [9.17, 15) is 4.79 Å². The first-order chi connectivity index (χ1) is 10.1. The van der Waals surface area contributed by atoms with Gasteiger partial charge in [-0.15, -0.1) is 0 Å². The minimum Gasteiger partial charge on any atom is -0.322 e. The van der Waals surface area contributed by atoms with Crippen molar-refractivity contribution in [3.63, 3.8) is 0 Å². The Morgan fingerprint density at radius 2 is 1.62 bits per heavy atom. The molecule has 0 saturated carbocycles. The van der Waals surface area contributed by atoms with Gasteiger partial charge in [-0.25, -0.2) is 0 Å². The monoisotopic (exact) mass is 279 g/mol. The minimum absolute atomic E-state index is 0.0132. The Bertz CT molecular complexity index is 668. The van der Waals surface area contributed by atoms with Crippen molar-refractivity contribution < 1.29 is 4.79 Å². The lowest BCUT2D eigenvalue weighted by Gasteiger charge is -2.17. The number of amides is 1. The van der Waals surface area contributed by atoms with Gasteiger partial charge in [-0.2, -0.15) is 0 Å². The van der Waals surface area contributed by atoms with Crippen molar-refractivity contribution in [2.24, 2.45) is 0 Å². The molecule has 1 aliphatic carbocycles. The number of carbonyl (C=O) groups is 1. The summed E-state index contributed by atoms with van der Waals surface area (Å²) in [5, 5.41) is 3.06. The number of nitrogens with one attached hydrogen (secondary N) is 1. The van der Waals surface area contributed by atoms with Gasteiger partial charge in [0.2, 0.25) is 0 Å². The van der Waals surface area contributed by atoms with Crippen molar-refractivity contribution in [3.8, 4) is 0 Å². The van der Waals surface area contributed by atoms with Crippen LogP contribution in [-0.2, 0) is 12.8 Å². The van der Waals surface area contributed by atoms with Crippen molar-refractivity contribution in [1.29, 1.82) is 0 Å². The second kappa shape index (κ2) is 5.72.